The van der Waals surface area contributed by atoms with Crippen molar-refractivity contribution in [3.63, 3.8) is 0 Å². The topological polar surface area (TPSA) is 66.3 Å². The third kappa shape index (κ3) is 3.86. The third-order valence-electron chi connectivity index (χ3n) is 4.50. The molecule has 0 aliphatic carbocycles. The van der Waals surface area contributed by atoms with Gasteiger partial charge in [0.05, 0.1) is 12.7 Å². The monoisotopic (exact) mass is 346 g/mol. The molecule has 2 aliphatic rings. The van der Waals surface area contributed by atoms with Crippen LogP contribution in [-0.4, -0.2) is 82.2 Å². The van der Waals surface area contributed by atoms with Crippen molar-refractivity contribution >= 4 is 5.91 Å². The second-order valence-corrected chi connectivity index (χ2v) is 6.16. The molecule has 0 aromatic carbocycles. The van der Waals surface area contributed by atoms with Crippen LogP contribution < -0.4 is 5.32 Å². The molecule has 1 aromatic heterocycles. The Hall–Kier alpha value is -1.68. The Bertz CT molecular complexity index is 569. The van der Waals surface area contributed by atoms with Crippen LogP contribution in [0.25, 0.3) is 0 Å². The maximum atomic E-state index is 13.0. The van der Waals surface area contributed by atoms with Gasteiger partial charge in [0.15, 0.2) is 5.69 Å². The third-order valence-corrected chi connectivity index (χ3v) is 4.50. The molecule has 1 amide bonds. The number of rotatable bonds is 4. The van der Waals surface area contributed by atoms with Crippen LogP contribution in [0.4, 0.5) is 13.2 Å². The van der Waals surface area contributed by atoms with E-state index in [1.807, 2.05) is 0 Å². The van der Waals surface area contributed by atoms with Gasteiger partial charge in [-0.05, 0) is 12.8 Å². The number of alkyl halides is 3. The summed E-state index contributed by atoms with van der Waals surface area (Å²) in [6, 6.07) is -1.71. The van der Waals surface area contributed by atoms with Gasteiger partial charge in [0, 0.05) is 39.3 Å². The first-order valence-electron chi connectivity index (χ1n) is 8.16. The van der Waals surface area contributed by atoms with Crippen molar-refractivity contribution in [2.45, 2.75) is 31.6 Å². The van der Waals surface area contributed by atoms with Crippen LogP contribution >= 0.6 is 0 Å². The van der Waals surface area contributed by atoms with E-state index in [0.29, 0.717) is 13.0 Å². The Balaban J connectivity index is 1.59. The maximum absolute atomic E-state index is 13.0. The molecule has 3 rings (SSSR count). The molecule has 0 radical (unpaired) electrons. The summed E-state index contributed by atoms with van der Waals surface area (Å²) in [4.78, 5) is 15.4. The van der Waals surface area contributed by atoms with Crippen LogP contribution in [0.15, 0.2) is 6.20 Å². The quantitative estimate of drug-likeness (QED) is 0.852. The van der Waals surface area contributed by atoms with Crippen LogP contribution in [0, 0.1) is 0 Å². The van der Waals surface area contributed by atoms with E-state index < -0.39 is 18.1 Å². The minimum Gasteiger partial charge on any atom is -0.325 e. The first-order chi connectivity index (χ1) is 11.4. The molecule has 3 heterocycles. The molecule has 2 fully saturated rings. The maximum Gasteiger partial charge on any atom is 0.408 e. The molecule has 1 N–H and O–H groups in total. The van der Waals surface area contributed by atoms with Gasteiger partial charge >= 0.3 is 6.18 Å². The number of halogens is 3. The first-order valence-corrected chi connectivity index (χ1v) is 8.16. The molecule has 2 aliphatic heterocycles. The number of carbonyl (C=O) groups excluding carboxylic acids is 1. The van der Waals surface area contributed by atoms with E-state index >= 15 is 0 Å². The van der Waals surface area contributed by atoms with E-state index in [1.54, 1.807) is 0 Å². The number of hydrogen-bond acceptors (Lipinski definition) is 5. The predicted molar refractivity (Wildman–Crippen MR) is 79.4 cm³/mol. The van der Waals surface area contributed by atoms with E-state index in [4.69, 9.17) is 0 Å². The van der Waals surface area contributed by atoms with Gasteiger partial charge in [-0.15, -0.1) is 5.10 Å². The average molecular weight is 346 g/mol. The van der Waals surface area contributed by atoms with Crippen LogP contribution in [-0.2, 0) is 6.54 Å². The van der Waals surface area contributed by atoms with Crippen molar-refractivity contribution in [1.82, 2.24) is 30.1 Å². The van der Waals surface area contributed by atoms with Crippen molar-refractivity contribution in [3.8, 4) is 0 Å². The Labute approximate surface area is 137 Å². The zero-order valence-electron chi connectivity index (χ0n) is 13.3. The molecule has 24 heavy (non-hydrogen) atoms. The van der Waals surface area contributed by atoms with Gasteiger partial charge in [-0.2, -0.15) is 13.2 Å². The second-order valence-electron chi connectivity index (χ2n) is 6.16. The summed E-state index contributed by atoms with van der Waals surface area (Å²) < 4.78 is 40.4. The lowest BCUT2D eigenvalue weighted by atomic mass is 10.2. The van der Waals surface area contributed by atoms with Crippen molar-refractivity contribution in [2.75, 3.05) is 39.3 Å². The molecule has 10 heteroatoms. The Morgan fingerprint density at radius 2 is 2.00 bits per heavy atom. The highest BCUT2D eigenvalue weighted by atomic mass is 19.4. The van der Waals surface area contributed by atoms with Crippen LogP contribution in [0.3, 0.4) is 0 Å². The largest absolute Gasteiger partial charge is 0.408 e. The number of nitrogens with one attached hydrogen (secondary N) is 1. The summed E-state index contributed by atoms with van der Waals surface area (Å²) in [6.45, 7) is 5.21. The van der Waals surface area contributed by atoms with E-state index in [1.165, 1.54) is 10.9 Å². The van der Waals surface area contributed by atoms with Gasteiger partial charge in [0.25, 0.3) is 5.91 Å². The van der Waals surface area contributed by atoms with E-state index in [2.05, 4.69) is 20.5 Å². The Morgan fingerprint density at radius 1 is 1.25 bits per heavy atom. The fourth-order valence-corrected chi connectivity index (χ4v) is 3.18. The number of amides is 1. The summed E-state index contributed by atoms with van der Waals surface area (Å²) >= 11 is 0. The minimum atomic E-state index is -4.40. The van der Waals surface area contributed by atoms with Gasteiger partial charge in [0.2, 0.25) is 0 Å². The van der Waals surface area contributed by atoms with Crippen molar-refractivity contribution in [2.24, 2.45) is 0 Å². The number of likely N-dealkylation sites (tertiary alicyclic amines) is 1. The summed E-state index contributed by atoms with van der Waals surface area (Å²) in [6.07, 6.45) is -2.65. The van der Waals surface area contributed by atoms with Gasteiger partial charge in [0.1, 0.15) is 6.04 Å². The van der Waals surface area contributed by atoms with Crippen LogP contribution in [0.1, 0.15) is 23.3 Å². The van der Waals surface area contributed by atoms with Crippen LogP contribution in [0.2, 0.25) is 0 Å². The fourth-order valence-electron chi connectivity index (χ4n) is 3.18. The summed E-state index contributed by atoms with van der Waals surface area (Å²) in [5.41, 5.74) is -0.0218. The lowest BCUT2D eigenvalue weighted by molar-refractivity contribution is -0.169. The molecule has 0 spiro atoms. The molecular formula is C14H21F3N6O. The zero-order chi connectivity index (χ0) is 17.2. The van der Waals surface area contributed by atoms with E-state index in [0.717, 1.165) is 37.6 Å². The minimum absolute atomic E-state index is 0.0218. The highest BCUT2D eigenvalue weighted by Gasteiger charge is 2.48. The van der Waals surface area contributed by atoms with Crippen molar-refractivity contribution in [3.05, 3.63) is 11.9 Å². The SMILES string of the molecule is O=C(c1cn(CCN2CCNCC2)nn1)N1CCCC1C(F)(F)F. The summed E-state index contributed by atoms with van der Waals surface area (Å²) in [5, 5.41) is 10.9. The average Bonchev–Trinajstić information content (AvgIpc) is 3.22. The zero-order valence-corrected chi connectivity index (χ0v) is 13.3. The van der Waals surface area contributed by atoms with Crippen molar-refractivity contribution in [1.29, 1.82) is 0 Å². The van der Waals surface area contributed by atoms with E-state index in [-0.39, 0.29) is 18.7 Å². The van der Waals surface area contributed by atoms with E-state index in [9.17, 15) is 18.0 Å². The molecule has 7 nitrogen and oxygen atoms in total. The first kappa shape index (κ1) is 17.2. The number of aromatic nitrogens is 3. The molecule has 0 saturated carbocycles. The molecule has 1 aromatic rings. The highest BCUT2D eigenvalue weighted by Crippen LogP contribution is 2.33. The number of piperazine rings is 1. The standard InChI is InChI=1S/C14H21F3N6O/c15-14(16,17)12-2-1-5-23(12)13(24)11-10-22(20-19-11)9-8-21-6-3-18-4-7-21/h10,12,18H,1-9H2. The summed E-state index contributed by atoms with van der Waals surface area (Å²) in [5.74, 6) is -0.691. The van der Waals surface area contributed by atoms with Crippen molar-refractivity contribution < 1.29 is 18.0 Å². The smallest absolute Gasteiger partial charge is 0.325 e. The van der Waals surface area contributed by atoms with Crippen LogP contribution in [0.5, 0.6) is 0 Å². The fraction of sp³-hybridized carbons (Fsp3) is 0.786. The second kappa shape index (κ2) is 7.06. The highest BCUT2D eigenvalue weighted by molar-refractivity contribution is 5.92. The van der Waals surface area contributed by atoms with Gasteiger partial charge in [-0.3, -0.25) is 14.4 Å². The lowest BCUT2D eigenvalue weighted by Gasteiger charge is -2.26. The van der Waals surface area contributed by atoms with Gasteiger partial charge < -0.3 is 10.2 Å². The molecule has 1 unspecified atom stereocenters. The number of carbonyl (C=O) groups is 1. The molecule has 134 valence electrons. The van der Waals surface area contributed by atoms with Gasteiger partial charge in [-0.25, -0.2) is 0 Å². The molecule has 1 atom stereocenters. The Morgan fingerprint density at radius 3 is 2.71 bits per heavy atom. The number of nitrogens with zero attached hydrogens (tertiary/aromatic N) is 5. The Kier molecular flexibility index (Phi) is 5.04. The predicted octanol–water partition coefficient (Wildman–Crippen LogP) is 0.350. The lowest BCUT2D eigenvalue weighted by Crippen LogP contribution is -2.44. The molecule has 0 bridgehead atoms. The molecular weight excluding hydrogens is 325 g/mol. The summed E-state index contributed by atoms with van der Waals surface area (Å²) in [7, 11) is 0. The normalized spacial score (nSPS) is 23.0. The molecule has 2 saturated heterocycles. The van der Waals surface area contributed by atoms with Gasteiger partial charge in [-0.1, -0.05) is 5.21 Å². The number of hydrogen-bond donors (Lipinski definition) is 1.